The molecule has 2 nitrogen and oxygen atoms in total. The van der Waals surface area contributed by atoms with Crippen LogP contribution >= 0.6 is 11.8 Å². The van der Waals surface area contributed by atoms with Gasteiger partial charge < -0.3 is 11.1 Å². The Morgan fingerprint density at radius 1 is 1.36 bits per heavy atom. The van der Waals surface area contributed by atoms with Crippen molar-refractivity contribution < 1.29 is 0 Å². The third kappa shape index (κ3) is 3.01. The second-order valence-corrected chi connectivity index (χ2v) is 5.40. The Bertz CT molecular complexity index is 207. The molecule has 1 aliphatic carbocycles. The molecule has 0 spiro atoms. The summed E-state index contributed by atoms with van der Waals surface area (Å²) in [6.07, 6.45) is 7.30. The zero-order valence-corrected chi connectivity index (χ0v) is 9.48. The smallest absolute Gasteiger partial charge is 0.0175 e. The molecule has 14 heavy (non-hydrogen) atoms. The van der Waals surface area contributed by atoms with Crippen molar-refractivity contribution in [3.05, 3.63) is 11.6 Å². The largest absolute Gasteiger partial charge is 0.328 e. The van der Waals surface area contributed by atoms with Gasteiger partial charge >= 0.3 is 0 Å². The number of hydrogen-bond acceptors (Lipinski definition) is 3. The summed E-state index contributed by atoms with van der Waals surface area (Å²) in [7, 11) is 0. The van der Waals surface area contributed by atoms with Gasteiger partial charge in [0.15, 0.2) is 0 Å². The molecule has 0 bridgehead atoms. The van der Waals surface area contributed by atoms with E-state index in [0.29, 0.717) is 6.04 Å². The van der Waals surface area contributed by atoms with Crippen molar-refractivity contribution in [3.8, 4) is 0 Å². The van der Waals surface area contributed by atoms with Crippen LogP contribution in [0.1, 0.15) is 25.7 Å². The minimum absolute atomic E-state index is 0.467. The van der Waals surface area contributed by atoms with E-state index in [2.05, 4.69) is 11.4 Å². The normalized spacial score (nSPS) is 33.1. The molecule has 0 amide bonds. The molecular formula is C11H20N2S. The number of thioether (sulfide) groups is 1. The van der Waals surface area contributed by atoms with E-state index in [1.165, 1.54) is 37.2 Å². The van der Waals surface area contributed by atoms with E-state index < -0.39 is 0 Å². The first-order valence-electron chi connectivity index (χ1n) is 5.59. The van der Waals surface area contributed by atoms with Crippen LogP contribution in [0.25, 0.3) is 0 Å². The molecule has 1 saturated carbocycles. The van der Waals surface area contributed by atoms with Gasteiger partial charge in [0.05, 0.1) is 0 Å². The van der Waals surface area contributed by atoms with Gasteiger partial charge in [-0.2, -0.15) is 11.8 Å². The van der Waals surface area contributed by atoms with Crippen LogP contribution < -0.4 is 11.1 Å². The van der Waals surface area contributed by atoms with Crippen LogP contribution in [0.5, 0.6) is 0 Å². The Morgan fingerprint density at radius 3 is 2.79 bits per heavy atom. The lowest BCUT2D eigenvalue weighted by Gasteiger charge is -2.27. The number of nitrogens with two attached hydrogens (primary N) is 1. The highest BCUT2D eigenvalue weighted by Gasteiger charge is 2.18. The van der Waals surface area contributed by atoms with Crippen LogP contribution in [0.4, 0.5) is 0 Å². The Morgan fingerprint density at radius 2 is 2.14 bits per heavy atom. The number of nitrogens with one attached hydrogen (secondary N) is 1. The molecule has 0 atom stereocenters. The fraction of sp³-hybridized carbons (Fsp3) is 0.818. The van der Waals surface area contributed by atoms with Gasteiger partial charge in [-0.3, -0.25) is 0 Å². The quantitative estimate of drug-likeness (QED) is 0.697. The summed E-state index contributed by atoms with van der Waals surface area (Å²) in [5.41, 5.74) is 7.46. The molecule has 3 heteroatoms. The zero-order chi connectivity index (χ0) is 9.80. The standard InChI is InChI=1S/C11H20N2S/c12-10-1-3-11(4-2-10)13-7-9-5-6-14-8-9/h5,10-11,13H,1-4,6-8,12H2. The average Bonchev–Trinajstić information content (AvgIpc) is 2.70. The highest BCUT2D eigenvalue weighted by molar-refractivity contribution is 7.99. The van der Waals surface area contributed by atoms with Gasteiger partial charge in [-0.05, 0) is 31.3 Å². The van der Waals surface area contributed by atoms with Crippen LogP contribution in [0.2, 0.25) is 0 Å². The van der Waals surface area contributed by atoms with Crippen molar-refractivity contribution in [3.63, 3.8) is 0 Å². The molecule has 80 valence electrons. The maximum absolute atomic E-state index is 5.87. The van der Waals surface area contributed by atoms with E-state index >= 15 is 0 Å². The Hall–Kier alpha value is 0.01000. The highest BCUT2D eigenvalue weighted by atomic mass is 32.2. The molecule has 0 aromatic carbocycles. The molecule has 1 fully saturated rings. The molecular weight excluding hydrogens is 192 g/mol. The molecule has 1 aliphatic heterocycles. The zero-order valence-electron chi connectivity index (χ0n) is 8.67. The lowest BCUT2D eigenvalue weighted by atomic mass is 9.92. The van der Waals surface area contributed by atoms with Crippen LogP contribution in [0.15, 0.2) is 11.6 Å². The van der Waals surface area contributed by atoms with Gasteiger partial charge in [-0.1, -0.05) is 6.08 Å². The Labute approximate surface area is 90.7 Å². The van der Waals surface area contributed by atoms with E-state index in [0.717, 1.165) is 12.6 Å². The summed E-state index contributed by atoms with van der Waals surface area (Å²) in [5, 5.41) is 3.65. The third-order valence-corrected chi connectivity index (χ3v) is 4.14. The van der Waals surface area contributed by atoms with Crippen molar-refractivity contribution in [2.24, 2.45) is 5.73 Å². The first-order chi connectivity index (χ1) is 6.84. The minimum atomic E-state index is 0.467. The molecule has 0 unspecified atom stereocenters. The predicted molar refractivity (Wildman–Crippen MR) is 63.6 cm³/mol. The molecule has 2 rings (SSSR count). The summed E-state index contributed by atoms with van der Waals surface area (Å²) < 4.78 is 0. The van der Waals surface area contributed by atoms with Crippen LogP contribution in [-0.4, -0.2) is 30.1 Å². The Kier molecular flexibility index (Phi) is 3.90. The van der Waals surface area contributed by atoms with Crippen molar-refractivity contribution in [1.29, 1.82) is 0 Å². The Balaban J connectivity index is 1.65. The van der Waals surface area contributed by atoms with Crippen molar-refractivity contribution in [1.82, 2.24) is 5.32 Å². The van der Waals surface area contributed by atoms with Gasteiger partial charge in [-0.25, -0.2) is 0 Å². The van der Waals surface area contributed by atoms with Crippen molar-refractivity contribution in [2.75, 3.05) is 18.1 Å². The molecule has 1 heterocycles. The van der Waals surface area contributed by atoms with E-state index in [4.69, 9.17) is 5.73 Å². The second-order valence-electron chi connectivity index (χ2n) is 4.37. The fourth-order valence-electron chi connectivity index (χ4n) is 2.15. The second kappa shape index (κ2) is 5.19. The topological polar surface area (TPSA) is 38.0 Å². The van der Waals surface area contributed by atoms with Crippen LogP contribution in [0.3, 0.4) is 0 Å². The molecule has 0 radical (unpaired) electrons. The molecule has 0 aromatic rings. The van der Waals surface area contributed by atoms with Gasteiger partial charge in [0.25, 0.3) is 0 Å². The first kappa shape index (κ1) is 10.5. The number of rotatable bonds is 3. The van der Waals surface area contributed by atoms with Crippen LogP contribution in [-0.2, 0) is 0 Å². The maximum Gasteiger partial charge on any atom is 0.0175 e. The van der Waals surface area contributed by atoms with Gasteiger partial charge in [0.1, 0.15) is 0 Å². The van der Waals surface area contributed by atoms with E-state index in [1.807, 2.05) is 11.8 Å². The summed E-state index contributed by atoms with van der Waals surface area (Å²) in [5.74, 6) is 2.45. The van der Waals surface area contributed by atoms with Gasteiger partial charge in [0.2, 0.25) is 0 Å². The molecule has 0 aromatic heterocycles. The summed E-state index contributed by atoms with van der Waals surface area (Å²) in [6, 6.07) is 1.19. The third-order valence-electron chi connectivity index (χ3n) is 3.17. The number of hydrogen-bond donors (Lipinski definition) is 2. The summed E-state index contributed by atoms with van der Waals surface area (Å²) >= 11 is 2.02. The van der Waals surface area contributed by atoms with Crippen LogP contribution in [0, 0.1) is 0 Å². The first-order valence-corrected chi connectivity index (χ1v) is 6.74. The fourth-order valence-corrected chi connectivity index (χ4v) is 3.10. The SMILES string of the molecule is NC1CCC(NCC2=CCSC2)CC1. The van der Waals surface area contributed by atoms with Crippen molar-refractivity contribution >= 4 is 11.8 Å². The summed E-state index contributed by atoms with van der Waals surface area (Å²) in [4.78, 5) is 0. The van der Waals surface area contributed by atoms with Crippen molar-refractivity contribution in [2.45, 2.75) is 37.8 Å². The lowest BCUT2D eigenvalue weighted by molar-refractivity contribution is 0.350. The molecule has 2 aliphatic rings. The minimum Gasteiger partial charge on any atom is -0.328 e. The molecule has 0 saturated heterocycles. The monoisotopic (exact) mass is 212 g/mol. The average molecular weight is 212 g/mol. The van der Waals surface area contributed by atoms with E-state index in [-0.39, 0.29) is 0 Å². The highest BCUT2D eigenvalue weighted by Crippen LogP contribution is 2.19. The van der Waals surface area contributed by atoms with E-state index in [9.17, 15) is 0 Å². The predicted octanol–water partition coefficient (Wildman–Crippen LogP) is 1.52. The van der Waals surface area contributed by atoms with Gasteiger partial charge in [0, 0.05) is 30.1 Å². The molecule has 3 N–H and O–H groups in total. The summed E-state index contributed by atoms with van der Waals surface area (Å²) in [6.45, 7) is 1.10. The van der Waals surface area contributed by atoms with E-state index in [1.54, 1.807) is 5.57 Å². The lowest BCUT2D eigenvalue weighted by Crippen LogP contribution is -2.38. The van der Waals surface area contributed by atoms with Gasteiger partial charge in [-0.15, -0.1) is 0 Å². The maximum atomic E-state index is 5.87.